The molecule has 0 aliphatic rings. The number of benzene rings is 1. The number of para-hydroxylation sites is 1. The second-order valence-corrected chi connectivity index (χ2v) is 5.02. The molecule has 1 atom stereocenters. The average molecular weight is 245 g/mol. The monoisotopic (exact) mass is 245 g/mol. The van der Waals surface area contributed by atoms with Crippen molar-refractivity contribution in [3.63, 3.8) is 0 Å². The molecule has 2 aromatic rings. The molecule has 0 aliphatic heterocycles. The number of carbonyl (C=O) groups is 1. The minimum atomic E-state index is 0.0168. The van der Waals surface area contributed by atoms with Crippen molar-refractivity contribution in [1.82, 2.24) is 5.32 Å². The van der Waals surface area contributed by atoms with Crippen molar-refractivity contribution < 1.29 is 9.21 Å². The van der Waals surface area contributed by atoms with Crippen molar-refractivity contribution in [1.29, 1.82) is 0 Å². The van der Waals surface area contributed by atoms with Gasteiger partial charge in [-0.15, -0.1) is 0 Å². The highest BCUT2D eigenvalue weighted by Gasteiger charge is 2.13. The zero-order valence-corrected chi connectivity index (χ0v) is 11.1. The molecule has 0 unspecified atom stereocenters. The highest BCUT2D eigenvalue weighted by molar-refractivity contribution is 5.78. The lowest BCUT2D eigenvalue weighted by atomic mass is 10.1. The van der Waals surface area contributed by atoms with Gasteiger partial charge in [0.25, 0.3) is 0 Å². The summed E-state index contributed by atoms with van der Waals surface area (Å²) >= 11 is 0. The molecule has 0 radical (unpaired) electrons. The number of fused-ring (bicyclic) bond motifs is 1. The largest absolute Gasteiger partial charge is 0.461 e. The predicted molar refractivity (Wildman–Crippen MR) is 72.4 cm³/mol. The number of furan rings is 1. The Morgan fingerprint density at radius 1 is 1.28 bits per heavy atom. The summed E-state index contributed by atoms with van der Waals surface area (Å²) in [7, 11) is 0. The van der Waals surface area contributed by atoms with E-state index < -0.39 is 0 Å². The molecule has 1 N–H and O–H groups in total. The molecular weight excluding hydrogens is 226 g/mol. The number of hydrogen-bond donors (Lipinski definition) is 1. The molecule has 0 spiro atoms. The summed E-state index contributed by atoms with van der Waals surface area (Å²) in [5.41, 5.74) is 0.898. The highest BCUT2D eigenvalue weighted by atomic mass is 16.3. The maximum absolute atomic E-state index is 11.6. The van der Waals surface area contributed by atoms with Crippen LogP contribution in [0.2, 0.25) is 0 Å². The summed E-state index contributed by atoms with van der Waals surface area (Å²) in [5, 5.41) is 4.08. The fourth-order valence-corrected chi connectivity index (χ4v) is 1.90. The average Bonchev–Trinajstić information content (AvgIpc) is 2.70. The zero-order chi connectivity index (χ0) is 13.1. The van der Waals surface area contributed by atoms with E-state index >= 15 is 0 Å². The van der Waals surface area contributed by atoms with E-state index in [0.29, 0.717) is 6.42 Å². The lowest BCUT2D eigenvalue weighted by Gasteiger charge is -2.14. The van der Waals surface area contributed by atoms with Crippen LogP contribution >= 0.6 is 0 Å². The van der Waals surface area contributed by atoms with E-state index in [9.17, 15) is 4.79 Å². The van der Waals surface area contributed by atoms with Crippen LogP contribution in [0.25, 0.3) is 11.0 Å². The van der Waals surface area contributed by atoms with Crippen molar-refractivity contribution in [3.8, 4) is 0 Å². The van der Waals surface area contributed by atoms with Gasteiger partial charge in [0, 0.05) is 23.8 Å². The molecule has 96 valence electrons. The minimum Gasteiger partial charge on any atom is -0.461 e. The maximum Gasteiger partial charge on any atom is 0.222 e. The predicted octanol–water partition coefficient (Wildman–Crippen LogP) is 3.14. The van der Waals surface area contributed by atoms with Crippen molar-refractivity contribution in [2.45, 2.75) is 33.2 Å². The Morgan fingerprint density at radius 3 is 2.67 bits per heavy atom. The third-order valence-electron chi connectivity index (χ3n) is 2.90. The van der Waals surface area contributed by atoms with E-state index in [2.05, 4.69) is 5.32 Å². The van der Waals surface area contributed by atoms with Crippen molar-refractivity contribution >= 4 is 16.9 Å². The van der Waals surface area contributed by atoms with Crippen molar-refractivity contribution in [2.24, 2.45) is 5.92 Å². The van der Waals surface area contributed by atoms with Gasteiger partial charge < -0.3 is 9.73 Å². The summed E-state index contributed by atoms with van der Waals surface area (Å²) in [4.78, 5) is 11.6. The number of rotatable bonds is 4. The van der Waals surface area contributed by atoms with Gasteiger partial charge in [-0.05, 0) is 19.1 Å². The molecule has 1 heterocycles. The van der Waals surface area contributed by atoms with E-state index in [-0.39, 0.29) is 17.9 Å². The van der Waals surface area contributed by atoms with Gasteiger partial charge in [-0.1, -0.05) is 32.0 Å². The molecule has 0 saturated heterocycles. The van der Waals surface area contributed by atoms with Gasteiger partial charge in [0.15, 0.2) is 0 Å². The third-order valence-corrected chi connectivity index (χ3v) is 2.90. The Morgan fingerprint density at radius 2 is 2.00 bits per heavy atom. The van der Waals surface area contributed by atoms with Crippen LogP contribution < -0.4 is 5.32 Å². The molecule has 1 amide bonds. The van der Waals surface area contributed by atoms with Crippen LogP contribution in [-0.2, 0) is 11.2 Å². The van der Waals surface area contributed by atoms with E-state index in [4.69, 9.17) is 4.42 Å². The number of nitrogens with one attached hydrogen (secondary N) is 1. The van der Waals surface area contributed by atoms with Crippen LogP contribution in [0.15, 0.2) is 34.7 Å². The Balaban J connectivity index is 2.02. The number of amides is 1. The Labute approximate surface area is 107 Å². The molecule has 18 heavy (non-hydrogen) atoms. The smallest absolute Gasteiger partial charge is 0.222 e. The highest BCUT2D eigenvalue weighted by Crippen LogP contribution is 2.19. The van der Waals surface area contributed by atoms with Crippen LogP contribution in [0, 0.1) is 5.92 Å². The van der Waals surface area contributed by atoms with Gasteiger partial charge >= 0.3 is 0 Å². The Kier molecular flexibility index (Phi) is 3.70. The first kappa shape index (κ1) is 12.7. The van der Waals surface area contributed by atoms with Gasteiger partial charge in [0.05, 0.1) is 0 Å². The van der Waals surface area contributed by atoms with E-state index in [1.54, 1.807) is 0 Å². The standard InChI is InChI=1S/C15H19NO2/c1-10(2)15(17)16-11(3)8-13-9-12-6-4-5-7-14(12)18-13/h4-7,9-11H,8H2,1-3H3,(H,16,17)/t11-/m1/s1. The molecular formula is C15H19NO2. The van der Waals surface area contributed by atoms with Crippen LogP contribution in [0.5, 0.6) is 0 Å². The summed E-state index contributed by atoms with van der Waals surface area (Å²) in [6.07, 6.45) is 0.715. The molecule has 3 nitrogen and oxygen atoms in total. The van der Waals surface area contributed by atoms with Gasteiger partial charge in [-0.2, -0.15) is 0 Å². The fraction of sp³-hybridized carbons (Fsp3) is 0.400. The maximum atomic E-state index is 11.6. The first-order chi connectivity index (χ1) is 8.56. The van der Waals surface area contributed by atoms with E-state index in [0.717, 1.165) is 16.7 Å². The van der Waals surface area contributed by atoms with Gasteiger partial charge in [0.1, 0.15) is 11.3 Å². The van der Waals surface area contributed by atoms with Crippen molar-refractivity contribution in [3.05, 3.63) is 36.1 Å². The SMILES string of the molecule is CC(C)C(=O)N[C@H](C)Cc1cc2ccccc2o1. The summed E-state index contributed by atoms with van der Waals surface area (Å²) in [5.74, 6) is 1.01. The van der Waals surface area contributed by atoms with Gasteiger partial charge in [0.2, 0.25) is 5.91 Å². The fourth-order valence-electron chi connectivity index (χ4n) is 1.90. The van der Waals surface area contributed by atoms with Crippen molar-refractivity contribution in [2.75, 3.05) is 0 Å². The van der Waals surface area contributed by atoms with Gasteiger partial charge in [-0.25, -0.2) is 0 Å². The van der Waals surface area contributed by atoms with E-state index in [1.165, 1.54) is 0 Å². The quantitative estimate of drug-likeness (QED) is 0.899. The molecule has 1 aromatic heterocycles. The second-order valence-electron chi connectivity index (χ2n) is 5.02. The molecule has 2 rings (SSSR count). The third kappa shape index (κ3) is 2.92. The topological polar surface area (TPSA) is 42.2 Å². The van der Waals surface area contributed by atoms with E-state index in [1.807, 2.05) is 51.1 Å². The minimum absolute atomic E-state index is 0.0168. The molecule has 0 saturated carbocycles. The molecule has 1 aromatic carbocycles. The van der Waals surface area contributed by atoms with Crippen LogP contribution in [0.4, 0.5) is 0 Å². The van der Waals surface area contributed by atoms with Crippen LogP contribution in [0.3, 0.4) is 0 Å². The first-order valence-electron chi connectivity index (χ1n) is 6.34. The van der Waals surface area contributed by atoms with Crippen LogP contribution in [0.1, 0.15) is 26.5 Å². The lowest BCUT2D eigenvalue weighted by molar-refractivity contribution is -0.124. The number of carbonyl (C=O) groups excluding carboxylic acids is 1. The summed E-state index contributed by atoms with van der Waals surface area (Å²) in [6.45, 7) is 5.78. The summed E-state index contributed by atoms with van der Waals surface area (Å²) in [6, 6.07) is 10.1. The Hall–Kier alpha value is -1.77. The normalized spacial score (nSPS) is 12.9. The zero-order valence-electron chi connectivity index (χ0n) is 11.1. The van der Waals surface area contributed by atoms with Gasteiger partial charge in [-0.3, -0.25) is 4.79 Å². The molecule has 3 heteroatoms. The van der Waals surface area contributed by atoms with Crippen LogP contribution in [-0.4, -0.2) is 11.9 Å². The summed E-state index contributed by atoms with van der Waals surface area (Å²) < 4.78 is 5.73. The first-order valence-corrected chi connectivity index (χ1v) is 6.34. The molecule has 0 fully saturated rings. The number of hydrogen-bond acceptors (Lipinski definition) is 2. The molecule has 0 aliphatic carbocycles. The lowest BCUT2D eigenvalue weighted by Crippen LogP contribution is -2.36. The second kappa shape index (κ2) is 5.25. The molecule has 0 bridgehead atoms. The Bertz CT molecular complexity index is 509.